The van der Waals surface area contributed by atoms with Crippen LogP contribution in [0.15, 0.2) is 46.8 Å². The first-order valence-corrected chi connectivity index (χ1v) is 12.3. The Balaban J connectivity index is 1.42. The summed E-state index contributed by atoms with van der Waals surface area (Å²) in [7, 11) is 0. The minimum absolute atomic E-state index is 0.0328. The lowest BCUT2D eigenvalue weighted by atomic mass is 10.1. The molecular formula is C23H28N4O3S2. The van der Waals surface area contributed by atoms with E-state index < -0.39 is 0 Å². The second kappa shape index (κ2) is 12.3. The van der Waals surface area contributed by atoms with Crippen LogP contribution in [0.3, 0.4) is 0 Å². The van der Waals surface area contributed by atoms with Crippen LogP contribution in [0.25, 0.3) is 0 Å². The normalized spacial score (nSPS) is 10.6. The second-order valence-corrected chi connectivity index (χ2v) is 9.05. The third kappa shape index (κ3) is 7.13. The van der Waals surface area contributed by atoms with Gasteiger partial charge in [-0.3, -0.25) is 4.79 Å². The molecular weight excluding hydrogens is 444 g/mol. The molecule has 170 valence electrons. The Kier molecular flexibility index (Phi) is 9.18. The monoisotopic (exact) mass is 472 g/mol. The third-order valence-corrected chi connectivity index (χ3v) is 6.44. The van der Waals surface area contributed by atoms with Crippen LogP contribution in [0.1, 0.15) is 25.0 Å². The lowest BCUT2D eigenvalue weighted by Gasteiger charge is -2.12. The van der Waals surface area contributed by atoms with Crippen LogP contribution in [0.5, 0.6) is 11.5 Å². The summed E-state index contributed by atoms with van der Waals surface area (Å²) in [6.45, 7) is 7.64. The Morgan fingerprint density at radius 3 is 2.62 bits per heavy atom. The summed E-state index contributed by atoms with van der Waals surface area (Å²) in [6.07, 6.45) is 0.714. The summed E-state index contributed by atoms with van der Waals surface area (Å²) in [5, 5.41) is 15.3. The fourth-order valence-corrected chi connectivity index (χ4v) is 4.52. The zero-order chi connectivity index (χ0) is 22.8. The molecule has 1 aromatic heterocycles. The zero-order valence-corrected chi connectivity index (χ0v) is 20.1. The molecule has 0 radical (unpaired) electrons. The summed E-state index contributed by atoms with van der Waals surface area (Å²) in [4.78, 5) is 12.2. The highest BCUT2D eigenvalue weighted by molar-refractivity contribution is 8.01. The van der Waals surface area contributed by atoms with Gasteiger partial charge in [0.15, 0.2) is 15.8 Å². The predicted octanol–water partition coefficient (Wildman–Crippen LogP) is 4.84. The maximum atomic E-state index is 12.2. The smallest absolute Gasteiger partial charge is 0.230 e. The Morgan fingerprint density at radius 1 is 1.06 bits per heavy atom. The molecule has 1 heterocycles. The molecule has 2 aromatic carbocycles. The number of nitrogens with one attached hydrogen (secondary N) is 2. The second-order valence-electron chi connectivity index (χ2n) is 6.85. The van der Waals surface area contributed by atoms with Crippen LogP contribution in [0.4, 0.5) is 10.8 Å². The van der Waals surface area contributed by atoms with E-state index in [1.807, 2.05) is 63.2 Å². The molecule has 0 saturated carbocycles. The minimum Gasteiger partial charge on any atom is -0.490 e. The molecule has 2 N–H and O–H groups in total. The van der Waals surface area contributed by atoms with Crippen LogP contribution in [0.2, 0.25) is 0 Å². The fourth-order valence-electron chi connectivity index (χ4n) is 2.92. The molecule has 0 fully saturated rings. The standard InChI is InChI=1S/C23H28N4O3S2/c1-4-29-19-11-10-17(14-20(19)30-5-2)12-13-24-21(28)15-31-23-27-26-22(32-23)25-18-9-7-6-8-16(18)3/h6-11,14H,4-5,12-13,15H2,1-3H3,(H,24,28)(H,25,26). The van der Waals surface area contributed by atoms with Crippen molar-refractivity contribution in [3.05, 3.63) is 53.6 Å². The summed E-state index contributed by atoms with van der Waals surface area (Å²) in [6, 6.07) is 13.9. The fraction of sp³-hybridized carbons (Fsp3) is 0.348. The number of benzene rings is 2. The molecule has 3 rings (SSSR count). The molecule has 0 aliphatic heterocycles. The van der Waals surface area contributed by atoms with Gasteiger partial charge in [-0.15, -0.1) is 10.2 Å². The molecule has 0 atom stereocenters. The highest BCUT2D eigenvalue weighted by Gasteiger charge is 2.10. The molecule has 0 aliphatic carbocycles. The number of anilines is 2. The third-order valence-electron chi connectivity index (χ3n) is 4.46. The lowest BCUT2D eigenvalue weighted by molar-refractivity contribution is -0.118. The Hall–Kier alpha value is -2.78. The Labute approximate surface area is 196 Å². The highest BCUT2D eigenvalue weighted by Crippen LogP contribution is 2.29. The van der Waals surface area contributed by atoms with E-state index in [-0.39, 0.29) is 5.91 Å². The number of ether oxygens (including phenoxy) is 2. The Bertz CT molecular complexity index is 1030. The average Bonchev–Trinajstić information content (AvgIpc) is 3.23. The number of para-hydroxylation sites is 1. The maximum absolute atomic E-state index is 12.2. The van der Waals surface area contributed by atoms with E-state index in [2.05, 4.69) is 20.8 Å². The number of nitrogens with zero attached hydrogens (tertiary/aromatic N) is 2. The van der Waals surface area contributed by atoms with Gasteiger partial charge < -0.3 is 20.1 Å². The number of aryl methyl sites for hydroxylation is 1. The van der Waals surface area contributed by atoms with Crippen LogP contribution < -0.4 is 20.1 Å². The van der Waals surface area contributed by atoms with E-state index in [4.69, 9.17) is 9.47 Å². The SMILES string of the molecule is CCOc1ccc(CCNC(=O)CSc2nnc(Nc3ccccc3C)s2)cc1OCC. The van der Waals surface area contributed by atoms with Gasteiger partial charge in [-0.1, -0.05) is 47.4 Å². The molecule has 7 nitrogen and oxygen atoms in total. The number of hydrogen-bond donors (Lipinski definition) is 2. The first-order valence-electron chi connectivity index (χ1n) is 10.5. The van der Waals surface area contributed by atoms with Crippen molar-refractivity contribution >= 4 is 39.8 Å². The van der Waals surface area contributed by atoms with Crippen molar-refractivity contribution < 1.29 is 14.3 Å². The van der Waals surface area contributed by atoms with Crippen LogP contribution in [-0.4, -0.2) is 41.6 Å². The minimum atomic E-state index is -0.0328. The molecule has 0 bridgehead atoms. The average molecular weight is 473 g/mol. The van der Waals surface area contributed by atoms with Crippen molar-refractivity contribution in [2.24, 2.45) is 0 Å². The van der Waals surface area contributed by atoms with Gasteiger partial charge in [-0.05, 0) is 56.5 Å². The van der Waals surface area contributed by atoms with Crippen LogP contribution >= 0.6 is 23.1 Å². The number of aromatic nitrogens is 2. The number of carbonyl (C=O) groups is 1. The largest absolute Gasteiger partial charge is 0.490 e. The van der Waals surface area contributed by atoms with E-state index in [1.54, 1.807) is 0 Å². The number of hydrogen-bond acceptors (Lipinski definition) is 8. The van der Waals surface area contributed by atoms with Gasteiger partial charge in [-0.25, -0.2) is 0 Å². The number of carbonyl (C=O) groups excluding carboxylic acids is 1. The topological polar surface area (TPSA) is 85.4 Å². The van der Waals surface area contributed by atoms with Gasteiger partial charge in [0.1, 0.15) is 0 Å². The number of amides is 1. The van der Waals surface area contributed by atoms with Gasteiger partial charge >= 0.3 is 0 Å². The van der Waals surface area contributed by atoms with E-state index >= 15 is 0 Å². The van der Waals surface area contributed by atoms with E-state index in [9.17, 15) is 4.79 Å². The summed E-state index contributed by atoms with van der Waals surface area (Å²) in [5.41, 5.74) is 3.22. The summed E-state index contributed by atoms with van der Waals surface area (Å²) < 4.78 is 12.0. The van der Waals surface area contributed by atoms with Crippen LogP contribution in [-0.2, 0) is 11.2 Å². The highest BCUT2D eigenvalue weighted by atomic mass is 32.2. The molecule has 0 spiro atoms. The lowest BCUT2D eigenvalue weighted by Crippen LogP contribution is -2.27. The quantitative estimate of drug-likeness (QED) is 0.365. The van der Waals surface area contributed by atoms with Crippen LogP contribution in [0, 0.1) is 6.92 Å². The van der Waals surface area contributed by atoms with E-state index in [1.165, 1.54) is 23.1 Å². The number of rotatable bonds is 12. The van der Waals surface area contributed by atoms with Gasteiger partial charge in [0.2, 0.25) is 11.0 Å². The van der Waals surface area contributed by atoms with Gasteiger partial charge in [0.25, 0.3) is 0 Å². The van der Waals surface area contributed by atoms with Gasteiger partial charge in [-0.2, -0.15) is 0 Å². The van der Waals surface area contributed by atoms with Gasteiger partial charge in [0, 0.05) is 12.2 Å². The molecule has 1 amide bonds. The zero-order valence-electron chi connectivity index (χ0n) is 18.5. The van der Waals surface area contributed by atoms with Crippen molar-refractivity contribution in [2.75, 3.05) is 30.8 Å². The molecule has 0 aliphatic rings. The van der Waals surface area contributed by atoms with Crippen molar-refractivity contribution in [3.63, 3.8) is 0 Å². The molecule has 32 heavy (non-hydrogen) atoms. The first kappa shape index (κ1) is 23.9. The summed E-state index contributed by atoms with van der Waals surface area (Å²) in [5.74, 6) is 1.74. The van der Waals surface area contributed by atoms with E-state index in [0.29, 0.717) is 37.1 Å². The van der Waals surface area contributed by atoms with Crippen molar-refractivity contribution in [1.29, 1.82) is 0 Å². The molecule has 3 aromatic rings. The summed E-state index contributed by atoms with van der Waals surface area (Å²) >= 11 is 2.82. The Morgan fingerprint density at radius 2 is 1.84 bits per heavy atom. The van der Waals surface area contributed by atoms with Crippen molar-refractivity contribution in [1.82, 2.24) is 15.5 Å². The molecule has 0 unspecified atom stereocenters. The van der Waals surface area contributed by atoms with Crippen molar-refractivity contribution in [2.45, 2.75) is 31.5 Å². The maximum Gasteiger partial charge on any atom is 0.230 e. The number of thioether (sulfide) groups is 1. The van der Waals surface area contributed by atoms with E-state index in [0.717, 1.165) is 32.7 Å². The molecule has 0 saturated heterocycles. The predicted molar refractivity (Wildman–Crippen MR) is 131 cm³/mol. The molecule has 9 heteroatoms. The first-order chi connectivity index (χ1) is 15.6. The van der Waals surface area contributed by atoms with Gasteiger partial charge in [0.05, 0.1) is 19.0 Å². The van der Waals surface area contributed by atoms with Crippen molar-refractivity contribution in [3.8, 4) is 11.5 Å².